The number of ether oxygens (including phenoxy) is 2. The van der Waals surface area contributed by atoms with E-state index < -0.39 is 17.7 Å². The summed E-state index contributed by atoms with van der Waals surface area (Å²) in [6.45, 7) is 4.21. The zero-order chi connectivity index (χ0) is 19.8. The van der Waals surface area contributed by atoms with Gasteiger partial charge in [-0.15, -0.1) is 0 Å². The zero-order valence-electron chi connectivity index (χ0n) is 15.6. The average Bonchev–Trinajstić information content (AvgIpc) is 2.58. The van der Waals surface area contributed by atoms with Gasteiger partial charge >= 0.3 is 12.1 Å². The topological polar surface area (TPSA) is 35.5 Å². The smallest absolute Gasteiger partial charge is 0.420 e. The van der Waals surface area contributed by atoms with Gasteiger partial charge in [-0.1, -0.05) is 26.0 Å². The normalized spacial score (nSPS) is 23.3. The predicted molar refractivity (Wildman–Crippen MR) is 96.9 cm³/mol. The lowest BCUT2D eigenvalue weighted by molar-refractivity contribution is -0.138. The first kappa shape index (κ1) is 19.5. The standard InChI is InChI=1S/C21H23F3O3/c1-12-8-13(2)10-16(9-12)27-18-7-5-14-11-15(20(25)26-3)4-6-17(14)19(18)21(22,23)24/h4-7,11-13,16H,8-10H2,1-3H3/t12-,13+,16+. The third kappa shape index (κ3) is 4.20. The second-order valence-corrected chi connectivity index (χ2v) is 7.52. The Labute approximate surface area is 156 Å². The van der Waals surface area contributed by atoms with E-state index in [9.17, 15) is 18.0 Å². The van der Waals surface area contributed by atoms with Crippen molar-refractivity contribution in [1.82, 2.24) is 0 Å². The molecule has 0 saturated heterocycles. The Morgan fingerprint density at radius 2 is 1.70 bits per heavy atom. The summed E-state index contributed by atoms with van der Waals surface area (Å²) in [6.07, 6.45) is -2.22. The zero-order valence-corrected chi connectivity index (χ0v) is 15.6. The molecular formula is C21H23F3O3. The molecule has 3 rings (SSSR count). The maximum atomic E-state index is 13.8. The van der Waals surface area contributed by atoms with Crippen LogP contribution >= 0.6 is 0 Å². The maximum absolute atomic E-state index is 13.8. The van der Waals surface area contributed by atoms with Crippen LogP contribution < -0.4 is 4.74 Å². The van der Waals surface area contributed by atoms with Gasteiger partial charge in [0.15, 0.2) is 0 Å². The van der Waals surface area contributed by atoms with Gasteiger partial charge in [-0.05, 0) is 60.1 Å². The van der Waals surface area contributed by atoms with Gasteiger partial charge in [0.25, 0.3) is 0 Å². The highest BCUT2D eigenvalue weighted by molar-refractivity contribution is 5.97. The molecule has 2 aromatic carbocycles. The molecule has 0 heterocycles. The van der Waals surface area contributed by atoms with Crippen LogP contribution in [0, 0.1) is 11.8 Å². The number of methoxy groups -OCH3 is 1. The molecule has 1 aliphatic carbocycles. The minimum atomic E-state index is -4.56. The van der Waals surface area contributed by atoms with E-state index in [1.807, 2.05) is 0 Å². The second-order valence-electron chi connectivity index (χ2n) is 7.52. The van der Waals surface area contributed by atoms with Crippen LogP contribution in [0.2, 0.25) is 0 Å². The largest absolute Gasteiger partial charge is 0.490 e. The molecule has 2 aromatic rings. The van der Waals surface area contributed by atoms with Crippen LogP contribution in [-0.4, -0.2) is 19.2 Å². The summed E-state index contributed by atoms with van der Waals surface area (Å²) in [4.78, 5) is 11.7. The molecule has 146 valence electrons. The summed E-state index contributed by atoms with van der Waals surface area (Å²) in [5.74, 6) is 0.121. The van der Waals surface area contributed by atoms with Crippen molar-refractivity contribution < 1.29 is 27.4 Å². The first-order valence-electron chi connectivity index (χ1n) is 9.08. The summed E-state index contributed by atoms with van der Waals surface area (Å²) >= 11 is 0. The number of rotatable bonds is 3. The lowest BCUT2D eigenvalue weighted by atomic mass is 9.82. The molecule has 0 bridgehead atoms. The molecule has 1 fully saturated rings. The van der Waals surface area contributed by atoms with Gasteiger partial charge in [0.2, 0.25) is 0 Å². The lowest BCUT2D eigenvalue weighted by Crippen LogP contribution is -2.29. The molecule has 0 spiro atoms. The number of carbonyl (C=O) groups is 1. The number of carbonyl (C=O) groups excluding carboxylic acids is 1. The number of hydrogen-bond acceptors (Lipinski definition) is 3. The molecule has 3 nitrogen and oxygen atoms in total. The Balaban J connectivity index is 2.03. The molecule has 3 atom stereocenters. The van der Waals surface area contributed by atoms with E-state index in [1.54, 1.807) is 6.07 Å². The highest BCUT2D eigenvalue weighted by Gasteiger charge is 2.38. The van der Waals surface area contributed by atoms with Gasteiger partial charge in [-0.3, -0.25) is 0 Å². The van der Waals surface area contributed by atoms with Crippen molar-refractivity contribution in [3.05, 3.63) is 41.5 Å². The van der Waals surface area contributed by atoms with Crippen molar-refractivity contribution in [3.63, 3.8) is 0 Å². The van der Waals surface area contributed by atoms with Crippen molar-refractivity contribution >= 4 is 16.7 Å². The molecule has 0 N–H and O–H groups in total. The highest BCUT2D eigenvalue weighted by Crippen LogP contribution is 2.43. The fourth-order valence-electron chi connectivity index (χ4n) is 4.09. The minimum Gasteiger partial charge on any atom is -0.490 e. The van der Waals surface area contributed by atoms with Gasteiger partial charge < -0.3 is 9.47 Å². The van der Waals surface area contributed by atoms with Crippen molar-refractivity contribution in [1.29, 1.82) is 0 Å². The van der Waals surface area contributed by atoms with E-state index in [4.69, 9.17) is 4.74 Å². The number of benzene rings is 2. The summed E-state index contributed by atoms with van der Waals surface area (Å²) in [7, 11) is 1.23. The Kier molecular flexibility index (Phi) is 5.36. The van der Waals surface area contributed by atoms with Crippen LogP contribution in [-0.2, 0) is 10.9 Å². The fraction of sp³-hybridized carbons (Fsp3) is 0.476. The number of halogens is 3. The summed E-state index contributed by atoms with van der Waals surface area (Å²) in [6, 6.07) is 6.98. The van der Waals surface area contributed by atoms with Crippen LogP contribution in [0.25, 0.3) is 10.8 Å². The molecule has 1 aliphatic rings. The van der Waals surface area contributed by atoms with Gasteiger partial charge in [-0.2, -0.15) is 13.2 Å². The maximum Gasteiger partial charge on any atom is 0.420 e. The number of alkyl halides is 3. The molecule has 0 amide bonds. The van der Waals surface area contributed by atoms with Crippen LogP contribution in [0.1, 0.15) is 49.0 Å². The first-order chi connectivity index (χ1) is 12.7. The van der Waals surface area contributed by atoms with E-state index in [-0.39, 0.29) is 22.8 Å². The Morgan fingerprint density at radius 3 is 2.30 bits per heavy atom. The summed E-state index contributed by atoms with van der Waals surface area (Å²) < 4.78 is 52.0. The Bertz CT molecular complexity index is 834. The number of hydrogen-bond donors (Lipinski definition) is 0. The highest BCUT2D eigenvalue weighted by atomic mass is 19.4. The molecular weight excluding hydrogens is 357 g/mol. The average molecular weight is 380 g/mol. The van der Waals surface area contributed by atoms with E-state index in [1.165, 1.54) is 31.4 Å². The van der Waals surface area contributed by atoms with Crippen molar-refractivity contribution in [3.8, 4) is 5.75 Å². The Hall–Kier alpha value is -2.24. The van der Waals surface area contributed by atoms with Crippen LogP contribution in [0.15, 0.2) is 30.3 Å². The summed E-state index contributed by atoms with van der Waals surface area (Å²) in [5, 5.41) is 0.340. The van der Waals surface area contributed by atoms with Crippen molar-refractivity contribution in [2.24, 2.45) is 11.8 Å². The monoisotopic (exact) mass is 380 g/mol. The van der Waals surface area contributed by atoms with Crippen LogP contribution in [0.5, 0.6) is 5.75 Å². The van der Waals surface area contributed by atoms with Crippen LogP contribution in [0.4, 0.5) is 13.2 Å². The van der Waals surface area contributed by atoms with Gasteiger partial charge in [0.1, 0.15) is 11.3 Å². The first-order valence-corrected chi connectivity index (χ1v) is 9.08. The summed E-state index contributed by atoms with van der Waals surface area (Å²) in [5.41, 5.74) is -0.580. The van der Waals surface area contributed by atoms with Crippen molar-refractivity contribution in [2.75, 3.05) is 7.11 Å². The third-order valence-electron chi connectivity index (χ3n) is 5.12. The molecule has 0 aromatic heterocycles. The van der Waals surface area contributed by atoms with E-state index in [0.29, 0.717) is 17.2 Å². The minimum absolute atomic E-state index is 0.0181. The van der Waals surface area contributed by atoms with Gasteiger partial charge in [-0.25, -0.2) is 4.79 Å². The van der Waals surface area contributed by atoms with Gasteiger partial charge in [0.05, 0.1) is 18.8 Å². The molecule has 0 unspecified atom stereocenters. The lowest BCUT2D eigenvalue weighted by Gasteiger charge is -2.32. The van der Waals surface area contributed by atoms with Crippen LogP contribution in [0.3, 0.4) is 0 Å². The Morgan fingerprint density at radius 1 is 1.04 bits per heavy atom. The quantitative estimate of drug-likeness (QED) is 0.627. The van der Waals surface area contributed by atoms with E-state index in [2.05, 4.69) is 18.6 Å². The molecule has 1 saturated carbocycles. The molecule has 0 radical (unpaired) electrons. The molecule has 0 aliphatic heterocycles. The number of esters is 1. The van der Waals surface area contributed by atoms with E-state index >= 15 is 0 Å². The van der Waals surface area contributed by atoms with E-state index in [0.717, 1.165) is 19.3 Å². The third-order valence-corrected chi connectivity index (χ3v) is 5.12. The SMILES string of the molecule is COC(=O)c1ccc2c(C(F)(F)F)c(O[C@H]3C[C@H](C)C[C@H](C)C3)ccc2c1. The van der Waals surface area contributed by atoms with Gasteiger partial charge in [0, 0.05) is 0 Å². The fourth-order valence-corrected chi connectivity index (χ4v) is 4.09. The molecule has 27 heavy (non-hydrogen) atoms. The van der Waals surface area contributed by atoms with Crippen molar-refractivity contribution in [2.45, 2.75) is 45.4 Å². The second kappa shape index (κ2) is 7.41. The number of fused-ring (bicyclic) bond motifs is 1. The predicted octanol–water partition coefficient (Wildman–Crippen LogP) is 5.85. The molecule has 6 heteroatoms.